The zero-order valence-electron chi connectivity index (χ0n) is 10.7. The first-order valence-corrected chi connectivity index (χ1v) is 6.27. The Morgan fingerprint density at radius 2 is 2.18 bits per heavy atom. The molecule has 0 saturated carbocycles. The summed E-state index contributed by atoms with van der Waals surface area (Å²) in [4.78, 5) is 0. The number of hydrogen-bond donors (Lipinski definition) is 1. The van der Waals surface area contributed by atoms with E-state index in [2.05, 4.69) is 19.2 Å². The smallest absolute Gasteiger partial charge is 0.124 e. The molecule has 0 radical (unpaired) electrons. The van der Waals surface area contributed by atoms with Gasteiger partial charge in [0.05, 0.1) is 0 Å². The molecule has 0 aliphatic heterocycles. The van der Waals surface area contributed by atoms with E-state index in [0.29, 0.717) is 12.6 Å². The third kappa shape index (κ3) is 5.24. The Morgan fingerprint density at radius 1 is 1.41 bits per heavy atom. The summed E-state index contributed by atoms with van der Waals surface area (Å²) in [7, 11) is 0. The highest BCUT2D eigenvalue weighted by Crippen LogP contribution is 2.23. The van der Waals surface area contributed by atoms with Crippen LogP contribution in [-0.4, -0.2) is 12.6 Å². The fourth-order valence-corrected chi connectivity index (χ4v) is 1.57. The van der Waals surface area contributed by atoms with Gasteiger partial charge < -0.3 is 10.1 Å². The van der Waals surface area contributed by atoms with Gasteiger partial charge in [-0.05, 0) is 25.1 Å². The monoisotopic (exact) mass is 253 g/mol. The molecule has 0 aliphatic carbocycles. The molecule has 0 aromatic heterocycles. The second-order valence-electron chi connectivity index (χ2n) is 4.17. The molecule has 17 heavy (non-hydrogen) atoms. The lowest BCUT2D eigenvalue weighted by atomic mass is 10.2. The molecule has 3 heteroatoms. The highest BCUT2D eigenvalue weighted by molar-refractivity contribution is 6.30. The molecule has 0 unspecified atom stereocenters. The first-order chi connectivity index (χ1) is 8.13. The number of hydrogen-bond acceptors (Lipinski definition) is 2. The lowest BCUT2D eigenvalue weighted by Gasteiger charge is -2.13. The summed E-state index contributed by atoms with van der Waals surface area (Å²) in [5, 5.41) is 4.10. The molecule has 0 bridgehead atoms. The van der Waals surface area contributed by atoms with E-state index in [1.807, 2.05) is 37.3 Å². The predicted octanol–water partition coefficient (Wildman–Crippen LogP) is 3.79. The summed E-state index contributed by atoms with van der Waals surface area (Å²) >= 11 is 6.00. The summed E-state index contributed by atoms with van der Waals surface area (Å²) in [5.74, 6) is 0.889. The quantitative estimate of drug-likeness (QED) is 0.779. The van der Waals surface area contributed by atoms with E-state index in [1.54, 1.807) is 0 Å². The van der Waals surface area contributed by atoms with Crippen LogP contribution in [0.2, 0.25) is 5.02 Å². The van der Waals surface area contributed by atoms with E-state index in [4.69, 9.17) is 16.3 Å². The molecule has 0 heterocycles. The minimum Gasteiger partial charge on any atom is -0.489 e. The number of nitrogens with one attached hydrogen (secondary N) is 1. The van der Waals surface area contributed by atoms with Gasteiger partial charge in [0.1, 0.15) is 12.4 Å². The predicted molar refractivity (Wildman–Crippen MR) is 73.7 cm³/mol. The number of rotatable bonds is 6. The lowest BCUT2D eigenvalue weighted by molar-refractivity contribution is 0.356. The van der Waals surface area contributed by atoms with Crippen LogP contribution in [0.1, 0.15) is 26.3 Å². The minimum absolute atomic E-state index is 0.442. The summed E-state index contributed by atoms with van der Waals surface area (Å²) in [6.45, 7) is 7.57. The molecule has 1 N–H and O–H groups in total. The van der Waals surface area contributed by atoms with Crippen LogP contribution >= 0.6 is 11.6 Å². The molecule has 1 aromatic rings. The number of allylic oxidation sites excluding steroid dienone is 1. The van der Waals surface area contributed by atoms with Gasteiger partial charge in [0, 0.05) is 23.2 Å². The van der Waals surface area contributed by atoms with Gasteiger partial charge in [0.15, 0.2) is 0 Å². The van der Waals surface area contributed by atoms with E-state index < -0.39 is 0 Å². The first-order valence-electron chi connectivity index (χ1n) is 5.89. The zero-order valence-corrected chi connectivity index (χ0v) is 11.4. The molecule has 0 atom stereocenters. The molecule has 1 aromatic carbocycles. The third-order valence-corrected chi connectivity index (χ3v) is 2.53. The second kappa shape index (κ2) is 7.36. The third-order valence-electron chi connectivity index (χ3n) is 2.29. The normalized spacial score (nSPS) is 11.4. The fourth-order valence-electron chi connectivity index (χ4n) is 1.38. The van der Waals surface area contributed by atoms with Crippen LogP contribution in [0.4, 0.5) is 0 Å². The van der Waals surface area contributed by atoms with E-state index >= 15 is 0 Å². The molecule has 1 rings (SSSR count). The van der Waals surface area contributed by atoms with Crippen molar-refractivity contribution in [3.05, 3.63) is 40.9 Å². The van der Waals surface area contributed by atoms with Crippen LogP contribution in [0.15, 0.2) is 30.4 Å². The van der Waals surface area contributed by atoms with Gasteiger partial charge in [-0.15, -0.1) is 0 Å². The summed E-state index contributed by atoms with van der Waals surface area (Å²) in [6.07, 6.45) is 3.95. The summed E-state index contributed by atoms with van der Waals surface area (Å²) in [5.41, 5.74) is 1.09. The maximum atomic E-state index is 6.00. The van der Waals surface area contributed by atoms with Gasteiger partial charge >= 0.3 is 0 Å². The number of ether oxygens (including phenoxy) is 1. The molecular weight excluding hydrogens is 234 g/mol. The van der Waals surface area contributed by atoms with Crippen LogP contribution in [0.3, 0.4) is 0 Å². The summed E-state index contributed by atoms with van der Waals surface area (Å²) < 4.78 is 5.68. The Labute approximate surface area is 109 Å². The fraction of sp³-hybridized carbons (Fsp3) is 0.429. The van der Waals surface area contributed by atoms with Crippen molar-refractivity contribution in [2.24, 2.45) is 0 Å². The van der Waals surface area contributed by atoms with Gasteiger partial charge in [-0.2, -0.15) is 0 Å². The SMILES string of the molecule is C/C=C/COc1ccc(Cl)cc1CNC(C)C. The lowest BCUT2D eigenvalue weighted by Crippen LogP contribution is -2.22. The standard InChI is InChI=1S/C14H20ClNO/c1-4-5-8-17-14-7-6-13(15)9-12(14)10-16-11(2)3/h4-7,9,11,16H,8,10H2,1-3H3/b5-4+. The highest BCUT2D eigenvalue weighted by atomic mass is 35.5. The van der Waals surface area contributed by atoms with Crippen molar-refractivity contribution in [1.29, 1.82) is 0 Å². The van der Waals surface area contributed by atoms with Gasteiger partial charge in [-0.25, -0.2) is 0 Å². The van der Waals surface area contributed by atoms with Crippen molar-refractivity contribution < 1.29 is 4.74 Å². The molecule has 0 spiro atoms. The topological polar surface area (TPSA) is 21.3 Å². The zero-order chi connectivity index (χ0) is 12.7. The summed E-state index contributed by atoms with van der Waals surface area (Å²) in [6, 6.07) is 6.16. The number of benzene rings is 1. The maximum absolute atomic E-state index is 6.00. The first kappa shape index (κ1) is 14.1. The second-order valence-corrected chi connectivity index (χ2v) is 4.60. The maximum Gasteiger partial charge on any atom is 0.124 e. The highest BCUT2D eigenvalue weighted by Gasteiger charge is 2.05. The van der Waals surface area contributed by atoms with Crippen LogP contribution in [0, 0.1) is 0 Å². The van der Waals surface area contributed by atoms with Crippen LogP contribution in [0.25, 0.3) is 0 Å². The Hall–Kier alpha value is -0.990. The van der Waals surface area contributed by atoms with E-state index in [-0.39, 0.29) is 0 Å². The van der Waals surface area contributed by atoms with Gasteiger partial charge in [-0.1, -0.05) is 37.6 Å². The van der Waals surface area contributed by atoms with Crippen molar-refractivity contribution >= 4 is 11.6 Å². The largest absolute Gasteiger partial charge is 0.489 e. The molecule has 2 nitrogen and oxygen atoms in total. The molecule has 0 saturated heterocycles. The van der Waals surface area contributed by atoms with E-state index in [1.165, 1.54) is 0 Å². The molecule has 0 aliphatic rings. The Bertz CT molecular complexity index is 374. The minimum atomic E-state index is 0.442. The van der Waals surface area contributed by atoms with E-state index in [9.17, 15) is 0 Å². The number of halogens is 1. The Balaban J connectivity index is 2.72. The van der Waals surface area contributed by atoms with Crippen molar-refractivity contribution in [2.75, 3.05) is 6.61 Å². The van der Waals surface area contributed by atoms with Crippen LogP contribution in [0.5, 0.6) is 5.75 Å². The van der Waals surface area contributed by atoms with Gasteiger partial charge in [0.25, 0.3) is 0 Å². The van der Waals surface area contributed by atoms with Crippen LogP contribution < -0.4 is 10.1 Å². The van der Waals surface area contributed by atoms with E-state index in [0.717, 1.165) is 22.9 Å². The van der Waals surface area contributed by atoms with Gasteiger partial charge in [0.2, 0.25) is 0 Å². The van der Waals surface area contributed by atoms with Crippen molar-refractivity contribution in [2.45, 2.75) is 33.4 Å². The van der Waals surface area contributed by atoms with Crippen molar-refractivity contribution in [3.63, 3.8) is 0 Å². The van der Waals surface area contributed by atoms with Crippen molar-refractivity contribution in [3.8, 4) is 5.75 Å². The Morgan fingerprint density at radius 3 is 2.82 bits per heavy atom. The molecular formula is C14H20ClNO. The van der Waals surface area contributed by atoms with Crippen LogP contribution in [-0.2, 0) is 6.54 Å². The van der Waals surface area contributed by atoms with Crippen molar-refractivity contribution in [1.82, 2.24) is 5.32 Å². The molecule has 94 valence electrons. The van der Waals surface area contributed by atoms with Gasteiger partial charge in [-0.3, -0.25) is 0 Å². The average Bonchev–Trinajstić information content (AvgIpc) is 2.29. The average molecular weight is 254 g/mol. The Kier molecular flexibility index (Phi) is 6.09. The molecule has 0 amide bonds. The molecule has 0 fully saturated rings.